The molecule has 0 aromatic heterocycles. The summed E-state index contributed by atoms with van der Waals surface area (Å²) in [6, 6.07) is 7.52. The number of nitrogens with zero attached hydrogens (tertiary/aromatic N) is 2. The molecular weight excluding hydrogens is 258 g/mol. The summed E-state index contributed by atoms with van der Waals surface area (Å²) in [6.07, 6.45) is 0. The second kappa shape index (κ2) is 6.37. The Morgan fingerprint density at radius 2 is 1.95 bits per heavy atom. The maximum Gasteiger partial charge on any atom is 0.0397 e. The molecular formula is C18H31N3. The highest BCUT2D eigenvalue weighted by Crippen LogP contribution is 2.24. The van der Waals surface area contributed by atoms with Crippen molar-refractivity contribution in [3.8, 4) is 0 Å². The van der Waals surface area contributed by atoms with Gasteiger partial charge in [-0.15, -0.1) is 0 Å². The predicted octanol–water partition coefficient (Wildman–Crippen LogP) is 3.02. The molecule has 0 amide bonds. The van der Waals surface area contributed by atoms with Crippen molar-refractivity contribution >= 4 is 5.69 Å². The average Bonchev–Trinajstić information content (AvgIpc) is 2.39. The summed E-state index contributed by atoms with van der Waals surface area (Å²) < 4.78 is 0. The van der Waals surface area contributed by atoms with Gasteiger partial charge in [0.05, 0.1) is 0 Å². The molecule has 3 heteroatoms. The number of piperazine rings is 1. The highest BCUT2D eigenvalue weighted by atomic mass is 15.3. The van der Waals surface area contributed by atoms with Gasteiger partial charge in [0.1, 0.15) is 0 Å². The molecule has 1 saturated heterocycles. The van der Waals surface area contributed by atoms with E-state index in [9.17, 15) is 0 Å². The van der Waals surface area contributed by atoms with Gasteiger partial charge in [0.2, 0.25) is 0 Å². The van der Waals surface area contributed by atoms with Crippen LogP contribution in [0.3, 0.4) is 0 Å². The molecule has 1 unspecified atom stereocenters. The first kappa shape index (κ1) is 16.3. The molecule has 3 nitrogen and oxygen atoms in total. The lowest BCUT2D eigenvalue weighted by Crippen LogP contribution is -2.50. The van der Waals surface area contributed by atoms with Crippen LogP contribution in [0.15, 0.2) is 18.2 Å². The highest BCUT2D eigenvalue weighted by molar-refractivity contribution is 5.55. The van der Waals surface area contributed by atoms with Crippen LogP contribution >= 0.6 is 0 Å². The van der Waals surface area contributed by atoms with Crippen LogP contribution in [0.25, 0.3) is 0 Å². The SMILES string of the molecule is Cc1cc(CNC(C)(C)C)ccc1N1CCN(C)C(C)C1. The Morgan fingerprint density at radius 1 is 1.24 bits per heavy atom. The summed E-state index contributed by atoms with van der Waals surface area (Å²) in [7, 11) is 2.22. The molecule has 0 spiro atoms. The van der Waals surface area contributed by atoms with Gasteiger partial charge in [-0.1, -0.05) is 12.1 Å². The van der Waals surface area contributed by atoms with E-state index >= 15 is 0 Å². The Labute approximate surface area is 130 Å². The summed E-state index contributed by atoms with van der Waals surface area (Å²) in [5.74, 6) is 0. The number of nitrogens with one attached hydrogen (secondary N) is 1. The van der Waals surface area contributed by atoms with Crippen molar-refractivity contribution < 1.29 is 0 Å². The Bertz CT molecular complexity index is 476. The van der Waals surface area contributed by atoms with Crippen molar-refractivity contribution in [2.45, 2.75) is 52.7 Å². The van der Waals surface area contributed by atoms with Crippen LogP contribution in [0.2, 0.25) is 0 Å². The monoisotopic (exact) mass is 289 g/mol. The lowest BCUT2D eigenvalue weighted by Gasteiger charge is -2.39. The van der Waals surface area contributed by atoms with E-state index in [0.29, 0.717) is 6.04 Å². The first-order valence-electron chi connectivity index (χ1n) is 8.06. The normalized spacial score (nSPS) is 20.9. The van der Waals surface area contributed by atoms with E-state index in [1.54, 1.807) is 0 Å². The molecule has 1 N–H and O–H groups in total. The van der Waals surface area contributed by atoms with Crippen LogP contribution < -0.4 is 10.2 Å². The van der Waals surface area contributed by atoms with Gasteiger partial charge in [-0.05, 0) is 58.9 Å². The fourth-order valence-corrected chi connectivity index (χ4v) is 2.82. The van der Waals surface area contributed by atoms with Gasteiger partial charge < -0.3 is 15.1 Å². The van der Waals surface area contributed by atoms with E-state index in [4.69, 9.17) is 0 Å². The smallest absolute Gasteiger partial charge is 0.0397 e. The van der Waals surface area contributed by atoms with Crippen molar-refractivity contribution in [3.05, 3.63) is 29.3 Å². The van der Waals surface area contributed by atoms with Gasteiger partial charge in [-0.25, -0.2) is 0 Å². The fourth-order valence-electron chi connectivity index (χ4n) is 2.82. The molecule has 1 aliphatic heterocycles. The number of hydrogen-bond acceptors (Lipinski definition) is 3. The number of anilines is 1. The molecule has 21 heavy (non-hydrogen) atoms. The first-order chi connectivity index (χ1) is 9.76. The third-order valence-corrected chi connectivity index (χ3v) is 4.38. The molecule has 2 rings (SSSR count). The van der Waals surface area contributed by atoms with Crippen LogP contribution in [-0.2, 0) is 6.54 Å². The number of hydrogen-bond donors (Lipinski definition) is 1. The van der Waals surface area contributed by atoms with Crippen molar-refractivity contribution in [1.82, 2.24) is 10.2 Å². The topological polar surface area (TPSA) is 18.5 Å². The number of likely N-dealkylation sites (N-methyl/N-ethyl adjacent to an activating group) is 1. The molecule has 1 heterocycles. The van der Waals surface area contributed by atoms with Gasteiger partial charge in [-0.2, -0.15) is 0 Å². The third-order valence-electron chi connectivity index (χ3n) is 4.38. The predicted molar refractivity (Wildman–Crippen MR) is 92.1 cm³/mol. The van der Waals surface area contributed by atoms with Crippen LogP contribution in [0, 0.1) is 6.92 Å². The van der Waals surface area contributed by atoms with E-state index < -0.39 is 0 Å². The summed E-state index contributed by atoms with van der Waals surface area (Å²) >= 11 is 0. The average molecular weight is 289 g/mol. The fraction of sp³-hybridized carbons (Fsp3) is 0.667. The van der Waals surface area contributed by atoms with Gasteiger partial charge >= 0.3 is 0 Å². The summed E-state index contributed by atoms with van der Waals surface area (Å²) in [6.45, 7) is 15.5. The highest BCUT2D eigenvalue weighted by Gasteiger charge is 2.21. The molecule has 1 aliphatic rings. The molecule has 0 radical (unpaired) electrons. The minimum absolute atomic E-state index is 0.166. The molecule has 0 saturated carbocycles. The molecule has 0 bridgehead atoms. The van der Waals surface area contributed by atoms with Gasteiger partial charge in [0, 0.05) is 43.4 Å². The number of aryl methyl sites for hydroxylation is 1. The van der Waals surface area contributed by atoms with E-state index in [-0.39, 0.29) is 5.54 Å². The van der Waals surface area contributed by atoms with Crippen LogP contribution in [0.5, 0.6) is 0 Å². The minimum atomic E-state index is 0.166. The second-order valence-corrected chi connectivity index (χ2v) is 7.50. The summed E-state index contributed by atoms with van der Waals surface area (Å²) in [5, 5.41) is 3.56. The van der Waals surface area contributed by atoms with Crippen LogP contribution in [-0.4, -0.2) is 43.2 Å². The molecule has 118 valence electrons. The van der Waals surface area contributed by atoms with E-state index in [2.05, 4.69) is 75.0 Å². The Hall–Kier alpha value is -1.06. The standard InChI is InChI=1S/C18H31N3/c1-14-11-16(12-19-18(3,4)5)7-8-17(14)21-10-9-20(6)15(2)13-21/h7-8,11,15,19H,9-10,12-13H2,1-6H3. The maximum absolute atomic E-state index is 3.56. The van der Waals surface area contributed by atoms with Gasteiger partial charge in [0.15, 0.2) is 0 Å². The van der Waals surface area contributed by atoms with Crippen molar-refractivity contribution in [2.24, 2.45) is 0 Å². The van der Waals surface area contributed by atoms with Crippen molar-refractivity contribution in [3.63, 3.8) is 0 Å². The summed E-state index contributed by atoms with van der Waals surface area (Å²) in [4.78, 5) is 4.97. The Balaban J connectivity index is 2.05. The van der Waals surface area contributed by atoms with Crippen molar-refractivity contribution in [2.75, 3.05) is 31.6 Å². The van der Waals surface area contributed by atoms with Crippen molar-refractivity contribution in [1.29, 1.82) is 0 Å². The zero-order valence-corrected chi connectivity index (χ0v) is 14.5. The Morgan fingerprint density at radius 3 is 2.52 bits per heavy atom. The largest absolute Gasteiger partial charge is 0.368 e. The molecule has 1 fully saturated rings. The zero-order valence-electron chi connectivity index (χ0n) is 14.5. The zero-order chi connectivity index (χ0) is 15.6. The summed E-state index contributed by atoms with van der Waals surface area (Å²) in [5.41, 5.74) is 4.32. The number of rotatable bonds is 3. The van der Waals surface area contributed by atoms with E-state index in [1.165, 1.54) is 16.8 Å². The van der Waals surface area contributed by atoms with Gasteiger partial charge in [-0.3, -0.25) is 0 Å². The molecule has 1 aromatic rings. The number of benzene rings is 1. The Kier molecular flexibility index (Phi) is 4.95. The quantitative estimate of drug-likeness (QED) is 0.923. The maximum atomic E-state index is 3.56. The molecule has 1 aromatic carbocycles. The molecule has 1 atom stereocenters. The molecule has 0 aliphatic carbocycles. The van der Waals surface area contributed by atoms with Gasteiger partial charge in [0.25, 0.3) is 0 Å². The first-order valence-corrected chi connectivity index (χ1v) is 8.06. The van der Waals surface area contributed by atoms with Crippen LogP contribution in [0.1, 0.15) is 38.8 Å². The second-order valence-electron chi connectivity index (χ2n) is 7.50. The van der Waals surface area contributed by atoms with E-state index in [1.807, 2.05) is 0 Å². The lowest BCUT2D eigenvalue weighted by atomic mass is 10.0. The third kappa shape index (κ3) is 4.45. The van der Waals surface area contributed by atoms with E-state index in [0.717, 1.165) is 26.2 Å². The minimum Gasteiger partial charge on any atom is -0.368 e. The lowest BCUT2D eigenvalue weighted by molar-refractivity contribution is 0.234. The van der Waals surface area contributed by atoms with Crippen LogP contribution in [0.4, 0.5) is 5.69 Å².